The van der Waals surface area contributed by atoms with E-state index in [1.807, 2.05) is 19.1 Å². The molecular weight excluding hydrogens is 597 g/mol. The van der Waals surface area contributed by atoms with Crippen molar-refractivity contribution in [2.75, 3.05) is 6.54 Å². The molecule has 4 nitrogen and oxygen atoms in total. The van der Waals surface area contributed by atoms with Crippen molar-refractivity contribution in [1.82, 2.24) is 9.88 Å². The fraction of sp³-hybridized carbons (Fsp3) is 0.444. The van der Waals surface area contributed by atoms with Gasteiger partial charge in [0.05, 0.1) is 17.9 Å². The number of aliphatic imine (C=N–C) groups is 2. The summed E-state index contributed by atoms with van der Waals surface area (Å²) in [4.78, 5) is 15.3. The lowest BCUT2D eigenvalue weighted by Gasteiger charge is -2.48. The second-order valence-corrected chi connectivity index (χ2v) is 12.1. The molecule has 3 heterocycles. The summed E-state index contributed by atoms with van der Waals surface area (Å²) in [6, 6.07) is 3.98. The molecule has 9 heteroatoms. The Morgan fingerprint density at radius 3 is 2.67 bits per heavy atom. The summed E-state index contributed by atoms with van der Waals surface area (Å²) < 4.78 is 46.4. The normalized spacial score (nSPS) is 29.3. The molecule has 3 aliphatic rings. The number of alkyl halides is 2. The molecule has 190 valence electrons. The Morgan fingerprint density at radius 1 is 1.25 bits per heavy atom. The number of benzene rings is 1. The number of nitrogens with zero attached hydrogens (tertiary/aromatic N) is 4. The van der Waals surface area contributed by atoms with Gasteiger partial charge in [0.25, 0.3) is 0 Å². The number of rotatable bonds is 5. The van der Waals surface area contributed by atoms with Gasteiger partial charge in [0.15, 0.2) is 11.5 Å². The van der Waals surface area contributed by atoms with Gasteiger partial charge in [-0.1, -0.05) is 6.07 Å². The van der Waals surface area contributed by atoms with E-state index in [1.165, 1.54) is 31.5 Å². The fourth-order valence-electron chi connectivity index (χ4n) is 5.28. The van der Waals surface area contributed by atoms with E-state index in [4.69, 9.17) is 0 Å². The number of dihydropyridines is 1. The zero-order valence-electron chi connectivity index (χ0n) is 20.3. The molecule has 1 saturated carbocycles. The second-order valence-electron chi connectivity index (χ2n) is 10.3. The summed E-state index contributed by atoms with van der Waals surface area (Å²) in [5, 5.41) is 0. The fourth-order valence-corrected chi connectivity index (χ4v) is 6.15. The van der Waals surface area contributed by atoms with Crippen LogP contribution in [0, 0.1) is 12.7 Å². The molecule has 4 atom stereocenters. The first kappa shape index (κ1) is 25.8. The summed E-state index contributed by atoms with van der Waals surface area (Å²) >= 11 is 6.56. The summed E-state index contributed by atoms with van der Waals surface area (Å²) in [5.74, 6) is -0.468. The van der Waals surface area contributed by atoms with Crippen molar-refractivity contribution in [2.24, 2.45) is 9.98 Å². The Bertz CT molecular complexity index is 1290. The van der Waals surface area contributed by atoms with Gasteiger partial charge in [-0.25, -0.2) is 13.2 Å². The van der Waals surface area contributed by atoms with Crippen LogP contribution >= 0.6 is 31.9 Å². The molecule has 0 radical (unpaired) electrons. The van der Waals surface area contributed by atoms with Crippen LogP contribution in [0.4, 0.5) is 18.9 Å². The number of fused-ring (bicyclic) bond motifs is 1. The molecule has 1 aromatic carbocycles. The number of aromatic nitrogens is 1. The smallest absolute Gasteiger partial charge is 0.151 e. The van der Waals surface area contributed by atoms with E-state index >= 15 is 8.78 Å². The molecule has 1 aliphatic carbocycles. The van der Waals surface area contributed by atoms with Crippen LogP contribution in [0.15, 0.2) is 49.4 Å². The standard InChI is InChI=1S/C27H27Br2F3N4/c1-15-8-20-16(2)22(34-13-23-21(30)9-17(28)11-33-23)5-4-19(20)24(36(15)14-27(32)6-7-27)25-26(3,31)10-18(29)12-35-25/h4-5,9-13,15,24-25H,6-8,14H2,1-3H3/b34-13-/t15-,24+,25?,26?/m1/s1. The van der Waals surface area contributed by atoms with E-state index in [9.17, 15) is 4.39 Å². The lowest BCUT2D eigenvalue weighted by Crippen LogP contribution is -2.53. The van der Waals surface area contributed by atoms with Crippen LogP contribution in [0.3, 0.4) is 0 Å². The van der Waals surface area contributed by atoms with Gasteiger partial charge in [-0.15, -0.1) is 0 Å². The lowest BCUT2D eigenvalue weighted by atomic mass is 9.78. The molecule has 0 spiro atoms. The molecule has 0 bridgehead atoms. The number of hydrogen-bond acceptors (Lipinski definition) is 4. The molecular formula is C27H27Br2F3N4. The molecule has 2 unspecified atom stereocenters. The van der Waals surface area contributed by atoms with Crippen molar-refractivity contribution in [2.45, 2.75) is 69.5 Å². The monoisotopic (exact) mass is 622 g/mol. The molecule has 0 N–H and O–H groups in total. The minimum absolute atomic E-state index is 0.0143. The van der Waals surface area contributed by atoms with Crippen LogP contribution < -0.4 is 0 Å². The molecule has 0 saturated heterocycles. The third-order valence-corrected chi connectivity index (χ3v) is 8.29. The minimum Gasteiger partial charge on any atom is -0.288 e. The zero-order valence-corrected chi connectivity index (χ0v) is 23.5. The van der Waals surface area contributed by atoms with Gasteiger partial charge in [-0.05, 0) is 107 Å². The van der Waals surface area contributed by atoms with Crippen molar-refractivity contribution in [3.63, 3.8) is 0 Å². The van der Waals surface area contributed by atoms with Crippen LogP contribution in [-0.4, -0.2) is 52.3 Å². The predicted molar refractivity (Wildman–Crippen MR) is 145 cm³/mol. The number of allylic oxidation sites excluding steroid dienone is 1. The van der Waals surface area contributed by atoms with Crippen molar-refractivity contribution in [3.05, 3.63) is 67.6 Å². The van der Waals surface area contributed by atoms with Crippen molar-refractivity contribution in [3.8, 4) is 0 Å². The maximum absolute atomic E-state index is 16.0. The average Bonchev–Trinajstić information content (AvgIpc) is 3.52. The highest BCUT2D eigenvalue weighted by Gasteiger charge is 2.52. The maximum atomic E-state index is 16.0. The van der Waals surface area contributed by atoms with Crippen LogP contribution in [0.1, 0.15) is 55.1 Å². The highest BCUT2D eigenvalue weighted by Crippen LogP contribution is 2.49. The largest absolute Gasteiger partial charge is 0.288 e. The highest BCUT2D eigenvalue weighted by molar-refractivity contribution is 9.12. The van der Waals surface area contributed by atoms with Gasteiger partial charge in [0, 0.05) is 34.0 Å². The first-order valence-corrected chi connectivity index (χ1v) is 13.6. The van der Waals surface area contributed by atoms with Gasteiger partial charge in [-0.2, -0.15) is 0 Å². The van der Waals surface area contributed by atoms with Crippen molar-refractivity contribution < 1.29 is 13.2 Å². The third kappa shape index (κ3) is 4.98. The zero-order chi connectivity index (χ0) is 25.8. The van der Waals surface area contributed by atoms with Gasteiger partial charge in [-0.3, -0.25) is 19.9 Å². The van der Waals surface area contributed by atoms with Gasteiger partial charge < -0.3 is 0 Å². The SMILES string of the molecule is Cc1c(/N=C\c2ncc(Br)cc2F)ccc2c1C[C@@H](C)N(CC1(F)CC1)[C@@H]2C1N=CC(Br)=CC1(C)F. The van der Waals surface area contributed by atoms with Gasteiger partial charge in [0.1, 0.15) is 17.4 Å². The van der Waals surface area contributed by atoms with E-state index in [1.54, 1.807) is 6.21 Å². The van der Waals surface area contributed by atoms with Crippen molar-refractivity contribution in [1.29, 1.82) is 0 Å². The molecule has 2 aliphatic heterocycles. The Balaban J connectivity index is 1.56. The average molecular weight is 624 g/mol. The molecule has 1 fully saturated rings. The first-order valence-electron chi connectivity index (χ1n) is 12.0. The minimum atomic E-state index is -1.71. The molecule has 36 heavy (non-hydrogen) atoms. The topological polar surface area (TPSA) is 40.9 Å². The second kappa shape index (κ2) is 9.48. The van der Waals surface area contributed by atoms with Crippen LogP contribution in [0.5, 0.6) is 0 Å². The summed E-state index contributed by atoms with van der Waals surface area (Å²) in [6.45, 7) is 5.83. The Morgan fingerprint density at radius 2 is 2.00 bits per heavy atom. The van der Waals surface area contributed by atoms with Crippen LogP contribution in [0.25, 0.3) is 0 Å². The molecule has 0 amide bonds. The molecule has 5 rings (SSSR count). The van der Waals surface area contributed by atoms with Gasteiger partial charge in [0.2, 0.25) is 0 Å². The lowest BCUT2D eigenvalue weighted by molar-refractivity contribution is 0.0366. The van der Waals surface area contributed by atoms with E-state index in [0.717, 1.165) is 16.7 Å². The molecule has 1 aromatic heterocycles. The van der Waals surface area contributed by atoms with E-state index in [2.05, 4.69) is 58.7 Å². The van der Waals surface area contributed by atoms with Gasteiger partial charge >= 0.3 is 0 Å². The van der Waals surface area contributed by atoms with Crippen LogP contribution in [0.2, 0.25) is 0 Å². The predicted octanol–water partition coefficient (Wildman–Crippen LogP) is 7.29. The first-order chi connectivity index (χ1) is 17.0. The highest BCUT2D eigenvalue weighted by atomic mass is 79.9. The summed E-state index contributed by atoms with van der Waals surface area (Å²) in [6.07, 6.45) is 7.87. The van der Waals surface area contributed by atoms with Crippen molar-refractivity contribution >= 4 is 50.0 Å². The quantitative estimate of drug-likeness (QED) is 0.328. The molecule has 2 aromatic rings. The summed E-state index contributed by atoms with van der Waals surface area (Å²) in [5.41, 5.74) is 0.855. The Labute approximate surface area is 226 Å². The maximum Gasteiger partial charge on any atom is 0.151 e. The Kier molecular flexibility index (Phi) is 6.79. The van der Waals surface area contributed by atoms with Crippen LogP contribution in [-0.2, 0) is 6.42 Å². The van der Waals surface area contributed by atoms with E-state index in [0.29, 0.717) is 33.9 Å². The number of hydrogen-bond donors (Lipinski definition) is 0. The Hall–Kier alpha value is -1.84. The number of pyridine rings is 1. The summed E-state index contributed by atoms with van der Waals surface area (Å²) in [7, 11) is 0. The third-order valence-electron chi connectivity index (χ3n) is 7.42. The van der Waals surface area contributed by atoms with E-state index < -0.39 is 29.2 Å². The van der Waals surface area contributed by atoms with E-state index in [-0.39, 0.29) is 18.3 Å². The number of halogens is 5.